The van der Waals surface area contributed by atoms with E-state index in [4.69, 9.17) is 0 Å². The van der Waals surface area contributed by atoms with E-state index in [1.54, 1.807) is 0 Å². The number of para-hydroxylation sites is 1. The van der Waals surface area contributed by atoms with Crippen LogP contribution in [-0.2, 0) is 17.8 Å². The maximum absolute atomic E-state index is 12.6. The minimum atomic E-state index is 0.206. The minimum Gasteiger partial charge on any atom is -0.371 e. The summed E-state index contributed by atoms with van der Waals surface area (Å²) >= 11 is 0. The highest BCUT2D eigenvalue weighted by molar-refractivity contribution is 5.76. The Labute approximate surface area is 151 Å². The predicted octanol–water partition coefficient (Wildman–Crippen LogP) is 4.19. The van der Waals surface area contributed by atoms with Gasteiger partial charge in [0, 0.05) is 38.8 Å². The first-order valence-corrected chi connectivity index (χ1v) is 9.26. The van der Waals surface area contributed by atoms with Crippen LogP contribution in [0.3, 0.4) is 0 Å². The van der Waals surface area contributed by atoms with Crippen LogP contribution in [0.5, 0.6) is 0 Å². The van der Waals surface area contributed by atoms with Crippen molar-refractivity contribution in [2.75, 3.05) is 25.0 Å². The second-order valence-corrected chi connectivity index (χ2v) is 7.06. The smallest absolute Gasteiger partial charge is 0.222 e. The van der Waals surface area contributed by atoms with Crippen LogP contribution in [0.1, 0.15) is 36.0 Å². The van der Waals surface area contributed by atoms with E-state index in [1.165, 1.54) is 35.2 Å². The second kappa shape index (κ2) is 8.19. The van der Waals surface area contributed by atoms with Crippen molar-refractivity contribution in [1.82, 2.24) is 4.90 Å². The molecule has 3 rings (SSSR count). The third kappa shape index (κ3) is 4.62. The summed E-state index contributed by atoms with van der Waals surface area (Å²) < 4.78 is 0. The van der Waals surface area contributed by atoms with Gasteiger partial charge >= 0.3 is 0 Å². The molecule has 3 heteroatoms. The number of amides is 1. The average Bonchev–Trinajstić information content (AvgIpc) is 3.14. The fourth-order valence-corrected chi connectivity index (χ4v) is 3.56. The Morgan fingerprint density at radius 3 is 2.60 bits per heavy atom. The Bertz CT molecular complexity index is 719. The van der Waals surface area contributed by atoms with Crippen LogP contribution in [0, 0.1) is 6.92 Å². The first-order chi connectivity index (χ1) is 12.1. The van der Waals surface area contributed by atoms with E-state index in [-0.39, 0.29) is 5.91 Å². The topological polar surface area (TPSA) is 23.6 Å². The molecule has 25 heavy (non-hydrogen) atoms. The van der Waals surface area contributed by atoms with Crippen molar-refractivity contribution in [2.24, 2.45) is 0 Å². The summed E-state index contributed by atoms with van der Waals surface area (Å²) in [5.74, 6) is 0.206. The summed E-state index contributed by atoms with van der Waals surface area (Å²) in [7, 11) is 1.92. The predicted molar refractivity (Wildman–Crippen MR) is 104 cm³/mol. The first-order valence-electron chi connectivity index (χ1n) is 9.26. The zero-order chi connectivity index (χ0) is 17.6. The van der Waals surface area contributed by atoms with Gasteiger partial charge in [0.05, 0.1) is 0 Å². The van der Waals surface area contributed by atoms with Gasteiger partial charge in [-0.05, 0) is 43.4 Å². The number of hydrogen-bond acceptors (Lipinski definition) is 2. The highest BCUT2D eigenvalue weighted by Crippen LogP contribution is 2.25. The highest BCUT2D eigenvalue weighted by atomic mass is 16.2. The van der Waals surface area contributed by atoms with Crippen LogP contribution < -0.4 is 4.90 Å². The van der Waals surface area contributed by atoms with Crippen molar-refractivity contribution in [3.05, 3.63) is 65.2 Å². The molecule has 2 aromatic carbocycles. The van der Waals surface area contributed by atoms with Crippen LogP contribution in [0.25, 0.3) is 0 Å². The molecule has 0 radical (unpaired) electrons. The number of nitrogens with zero attached hydrogens (tertiary/aromatic N) is 2. The van der Waals surface area contributed by atoms with Crippen molar-refractivity contribution in [3.63, 3.8) is 0 Å². The summed E-state index contributed by atoms with van der Waals surface area (Å²) in [5.41, 5.74) is 5.02. The Kier molecular flexibility index (Phi) is 5.75. The molecule has 1 heterocycles. The number of hydrogen-bond donors (Lipinski definition) is 0. The van der Waals surface area contributed by atoms with Gasteiger partial charge in [0.25, 0.3) is 0 Å². The van der Waals surface area contributed by atoms with E-state index < -0.39 is 0 Å². The van der Waals surface area contributed by atoms with Crippen LogP contribution in [0.4, 0.5) is 5.69 Å². The Balaban J connectivity index is 1.60. The summed E-state index contributed by atoms with van der Waals surface area (Å²) in [5, 5.41) is 0. The van der Waals surface area contributed by atoms with E-state index in [2.05, 4.69) is 60.4 Å². The number of rotatable bonds is 6. The van der Waals surface area contributed by atoms with Gasteiger partial charge in [-0.3, -0.25) is 4.79 Å². The zero-order valence-electron chi connectivity index (χ0n) is 15.4. The van der Waals surface area contributed by atoms with Crippen LogP contribution in [0.15, 0.2) is 48.5 Å². The molecular weight excluding hydrogens is 308 g/mol. The molecule has 0 spiro atoms. The maximum atomic E-state index is 12.6. The van der Waals surface area contributed by atoms with E-state index in [0.29, 0.717) is 13.0 Å². The molecule has 0 atom stereocenters. The second-order valence-electron chi connectivity index (χ2n) is 7.06. The van der Waals surface area contributed by atoms with Gasteiger partial charge in [-0.2, -0.15) is 0 Å². The molecule has 1 aliphatic rings. The molecule has 132 valence electrons. The van der Waals surface area contributed by atoms with Crippen LogP contribution >= 0.6 is 0 Å². The van der Waals surface area contributed by atoms with E-state index in [9.17, 15) is 4.79 Å². The molecule has 1 amide bonds. The van der Waals surface area contributed by atoms with Crippen molar-refractivity contribution in [2.45, 2.75) is 39.2 Å². The summed E-state index contributed by atoms with van der Waals surface area (Å²) in [4.78, 5) is 16.9. The molecule has 1 saturated heterocycles. The van der Waals surface area contributed by atoms with Gasteiger partial charge in [-0.25, -0.2) is 0 Å². The molecule has 1 fully saturated rings. The van der Waals surface area contributed by atoms with Gasteiger partial charge in [-0.1, -0.05) is 48.0 Å². The van der Waals surface area contributed by atoms with Gasteiger partial charge in [-0.15, -0.1) is 0 Å². The van der Waals surface area contributed by atoms with Gasteiger partial charge in [0.15, 0.2) is 0 Å². The molecular formula is C22H28N2O. The molecule has 0 aliphatic carbocycles. The van der Waals surface area contributed by atoms with E-state index >= 15 is 0 Å². The largest absolute Gasteiger partial charge is 0.371 e. The zero-order valence-corrected chi connectivity index (χ0v) is 15.4. The quantitative estimate of drug-likeness (QED) is 0.790. The first kappa shape index (κ1) is 17.5. The molecule has 3 nitrogen and oxygen atoms in total. The fourth-order valence-electron chi connectivity index (χ4n) is 3.56. The molecule has 0 aromatic heterocycles. The van der Waals surface area contributed by atoms with E-state index in [0.717, 1.165) is 19.5 Å². The third-order valence-electron chi connectivity index (χ3n) is 4.98. The van der Waals surface area contributed by atoms with Gasteiger partial charge < -0.3 is 9.80 Å². The molecule has 2 aromatic rings. The lowest BCUT2D eigenvalue weighted by atomic mass is 10.1. The Morgan fingerprint density at radius 2 is 1.84 bits per heavy atom. The molecule has 1 aliphatic heterocycles. The lowest BCUT2D eigenvalue weighted by molar-refractivity contribution is -0.130. The molecule has 0 saturated carbocycles. The van der Waals surface area contributed by atoms with Crippen molar-refractivity contribution in [3.8, 4) is 0 Å². The van der Waals surface area contributed by atoms with Crippen LogP contribution in [0.2, 0.25) is 0 Å². The number of carbonyl (C=O) groups is 1. The van der Waals surface area contributed by atoms with Gasteiger partial charge in [0.2, 0.25) is 5.91 Å². The van der Waals surface area contributed by atoms with Crippen molar-refractivity contribution < 1.29 is 4.79 Å². The monoisotopic (exact) mass is 336 g/mol. The average molecular weight is 336 g/mol. The maximum Gasteiger partial charge on any atom is 0.222 e. The summed E-state index contributed by atoms with van der Waals surface area (Å²) in [6.45, 7) is 5.02. The standard InChI is InChI=1S/C22H28N2O/c1-18-8-7-9-19(16-18)12-13-22(25)23(2)17-20-10-3-4-11-21(20)24-14-5-6-15-24/h3-4,7-11,16H,5-6,12-15,17H2,1-2H3. The summed E-state index contributed by atoms with van der Waals surface area (Å²) in [6, 6.07) is 16.9. The SMILES string of the molecule is Cc1cccc(CCC(=O)N(C)Cc2ccccc2N2CCCC2)c1. The van der Waals surface area contributed by atoms with E-state index in [1.807, 2.05) is 11.9 Å². The normalized spacial score (nSPS) is 13.9. The number of aryl methyl sites for hydroxylation is 2. The summed E-state index contributed by atoms with van der Waals surface area (Å²) in [6.07, 6.45) is 3.89. The number of carbonyl (C=O) groups excluding carboxylic acids is 1. The lowest BCUT2D eigenvalue weighted by Gasteiger charge is -2.24. The molecule has 0 N–H and O–H groups in total. The minimum absolute atomic E-state index is 0.206. The number of benzene rings is 2. The number of anilines is 1. The highest BCUT2D eigenvalue weighted by Gasteiger charge is 2.17. The van der Waals surface area contributed by atoms with Crippen LogP contribution in [-0.4, -0.2) is 30.9 Å². The molecule has 0 bridgehead atoms. The molecule has 0 unspecified atom stereocenters. The third-order valence-corrected chi connectivity index (χ3v) is 4.98. The fraction of sp³-hybridized carbons (Fsp3) is 0.409. The Hall–Kier alpha value is -2.29. The lowest BCUT2D eigenvalue weighted by Crippen LogP contribution is -2.28. The van der Waals surface area contributed by atoms with Crippen molar-refractivity contribution >= 4 is 11.6 Å². The Morgan fingerprint density at radius 1 is 1.08 bits per heavy atom. The van der Waals surface area contributed by atoms with Gasteiger partial charge in [0.1, 0.15) is 0 Å². The van der Waals surface area contributed by atoms with Crippen molar-refractivity contribution in [1.29, 1.82) is 0 Å².